The number of piperidine rings is 1. The standard InChI is InChI=1S/C24H28N2O4/c27-24-16-30-23-5-4-18(15-20(23)25-24)14-17-6-9-26(10-7-17)11-13-29-22-3-1-2-21-19(22)8-12-28-21/h1-5,15,17H,6-14,16H2,(H,25,27). The van der Waals surface area contributed by atoms with Gasteiger partial charge in [0, 0.05) is 18.5 Å². The summed E-state index contributed by atoms with van der Waals surface area (Å²) >= 11 is 0. The first-order valence-corrected chi connectivity index (χ1v) is 10.9. The second kappa shape index (κ2) is 8.56. The molecule has 2 aromatic rings. The maximum absolute atomic E-state index is 11.5. The summed E-state index contributed by atoms with van der Waals surface area (Å²) in [5.41, 5.74) is 3.28. The molecular weight excluding hydrogens is 380 g/mol. The summed E-state index contributed by atoms with van der Waals surface area (Å²) in [4.78, 5) is 14.0. The molecule has 1 fully saturated rings. The maximum Gasteiger partial charge on any atom is 0.262 e. The zero-order valence-electron chi connectivity index (χ0n) is 17.2. The molecule has 2 aromatic carbocycles. The predicted molar refractivity (Wildman–Crippen MR) is 115 cm³/mol. The van der Waals surface area contributed by atoms with Crippen molar-refractivity contribution in [2.45, 2.75) is 25.7 Å². The molecule has 3 heterocycles. The van der Waals surface area contributed by atoms with Gasteiger partial charge >= 0.3 is 0 Å². The van der Waals surface area contributed by atoms with Crippen LogP contribution in [0.3, 0.4) is 0 Å². The monoisotopic (exact) mass is 408 g/mol. The highest BCUT2D eigenvalue weighted by Crippen LogP contribution is 2.33. The zero-order chi connectivity index (χ0) is 20.3. The van der Waals surface area contributed by atoms with E-state index in [4.69, 9.17) is 14.2 Å². The molecule has 6 heteroatoms. The van der Waals surface area contributed by atoms with E-state index in [-0.39, 0.29) is 12.5 Å². The predicted octanol–water partition coefficient (Wildman–Crippen LogP) is 3.29. The number of anilines is 1. The maximum atomic E-state index is 11.5. The molecule has 0 radical (unpaired) electrons. The summed E-state index contributed by atoms with van der Waals surface area (Å²) in [5.74, 6) is 3.31. The molecule has 5 rings (SSSR count). The van der Waals surface area contributed by atoms with E-state index < -0.39 is 0 Å². The number of carbonyl (C=O) groups excluding carboxylic acids is 1. The van der Waals surface area contributed by atoms with Gasteiger partial charge < -0.3 is 19.5 Å². The van der Waals surface area contributed by atoms with E-state index in [9.17, 15) is 4.79 Å². The van der Waals surface area contributed by atoms with Crippen molar-refractivity contribution in [3.8, 4) is 17.2 Å². The third-order valence-electron chi connectivity index (χ3n) is 6.27. The molecule has 158 valence electrons. The molecule has 1 amide bonds. The molecule has 0 unspecified atom stereocenters. The van der Waals surface area contributed by atoms with Crippen molar-refractivity contribution in [2.24, 2.45) is 5.92 Å². The number of ether oxygens (including phenoxy) is 3. The molecule has 1 N–H and O–H groups in total. The second-order valence-electron chi connectivity index (χ2n) is 8.34. The highest BCUT2D eigenvalue weighted by atomic mass is 16.5. The van der Waals surface area contributed by atoms with Crippen LogP contribution in [0.15, 0.2) is 36.4 Å². The number of amides is 1. The number of fused-ring (bicyclic) bond motifs is 2. The topological polar surface area (TPSA) is 60.0 Å². The lowest BCUT2D eigenvalue weighted by molar-refractivity contribution is -0.118. The summed E-state index contributed by atoms with van der Waals surface area (Å²) in [7, 11) is 0. The van der Waals surface area contributed by atoms with Crippen molar-refractivity contribution in [2.75, 3.05) is 44.8 Å². The first kappa shape index (κ1) is 19.2. The first-order valence-electron chi connectivity index (χ1n) is 10.9. The molecule has 0 aliphatic carbocycles. The van der Waals surface area contributed by atoms with Gasteiger partial charge in [0.2, 0.25) is 0 Å². The van der Waals surface area contributed by atoms with E-state index in [0.717, 1.165) is 62.0 Å². The zero-order valence-corrected chi connectivity index (χ0v) is 17.2. The van der Waals surface area contributed by atoms with Crippen molar-refractivity contribution >= 4 is 11.6 Å². The fraction of sp³-hybridized carbons (Fsp3) is 0.458. The Hall–Kier alpha value is -2.73. The van der Waals surface area contributed by atoms with Gasteiger partial charge in [0.15, 0.2) is 6.61 Å². The molecule has 0 atom stereocenters. The van der Waals surface area contributed by atoms with Crippen molar-refractivity contribution in [3.63, 3.8) is 0 Å². The third kappa shape index (κ3) is 4.24. The number of nitrogens with zero attached hydrogens (tertiary/aromatic N) is 1. The number of nitrogens with one attached hydrogen (secondary N) is 1. The Labute approximate surface area is 177 Å². The molecule has 6 nitrogen and oxygen atoms in total. The van der Waals surface area contributed by atoms with Crippen LogP contribution in [0, 0.1) is 5.92 Å². The van der Waals surface area contributed by atoms with Gasteiger partial charge in [-0.25, -0.2) is 0 Å². The lowest BCUT2D eigenvalue weighted by Gasteiger charge is -2.32. The molecule has 3 aliphatic rings. The highest BCUT2D eigenvalue weighted by Gasteiger charge is 2.22. The summed E-state index contributed by atoms with van der Waals surface area (Å²) in [5, 5.41) is 2.90. The average molecular weight is 408 g/mol. The quantitative estimate of drug-likeness (QED) is 0.795. The largest absolute Gasteiger partial charge is 0.493 e. The molecule has 1 saturated heterocycles. The molecule has 0 saturated carbocycles. The minimum Gasteiger partial charge on any atom is -0.493 e. The van der Waals surface area contributed by atoms with Gasteiger partial charge in [-0.2, -0.15) is 0 Å². The van der Waals surface area contributed by atoms with Gasteiger partial charge in [-0.05, 0) is 68.1 Å². The van der Waals surface area contributed by atoms with Crippen molar-refractivity contribution in [1.82, 2.24) is 4.90 Å². The van der Waals surface area contributed by atoms with Crippen LogP contribution in [0.1, 0.15) is 24.0 Å². The smallest absolute Gasteiger partial charge is 0.262 e. The number of likely N-dealkylation sites (tertiary alicyclic amines) is 1. The number of rotatable bonds is 6. The Bertz CT molecular complexity index is 921. The second-order valence-corrected chi connectivity index (χ2v) is 8.34. The van der Waals surface area contributed by atoms with E-state index in [1.165, 1.54) is 24.0 Å². The fourth-order valence-corrected chi connectivity index (χ4v) is 4.61. The van der Waals surface area contributed by atoms with Gasteiger partial charge in [0.1, 0.15) is 23.9 Å². The van der Waals surface area contributed by atoms with Crippen molar-refractivity contribution in [1.29, 1.82) is 0 Å². The van der Waals surface area contributed by atoms with E-state index in [2.05, 4.69) is 22.3 Å². The van der Waals surface area contributed by atoms with Crippen molar-refractivity contribution < 1.29 is 19.0 Å². The lowest BCUT2D eigenvalue weighted by Crippen LogP contribution is -2.37. The van der Waals surface area contributed by atoms with Crippen LogP contribution in [-0.2, 0) is 17.6 Å². The Morgan fingerprint density at radius 1 is 1.10 bits per heavy atom. The Morgan fingerprint density at radius 3 is 2.90 bits per heavy atom. The van der Waals surface area contributed by atoms with Crippen LogP contribution in [0.5, 0.6) is 17.2 Å². The van der Waals surface area contributed by atoms with Gasteiger partial charge in [-0.15, -0.1) is 0 Å². The van der Waals surface area contributed by atoms with E-state index in [1.54, 1.807) is 0 Å². The van der Waals surface area contributed by atoms with Crippen LogP contribution >= 0.6 is 0 Å². The Balaban J connectivity index is 1.08. The molecular formula is C24H28N2O4. The lowest BCUT2D eigenvalue weighted by atomic mass is 9.90. The molecule has 0 bridgehead atoms. The van der Waals surface area contributed by atoms with Crippen LogP contribution in [-0.4, -0.2) is 50.3 Å². The normalized spacial score (nSPS) is 18.7. The number of hydrogen-bond acceptors (Lipinski definition) is 5. The van der Waals surface area contributed by atoms with E-state index in [0.29, 0.717) is 12.5 Å². The SMILES string of the molecule is O=C1COc2ccc(CC3CCN(CCOc4cccc5c4CCO5)CC3)cc2N1. The highest BCUT2D eigenvalue weighted by molar-refractivity contribution is 5.95. The Morgan fingerprint density at radius 2 is 2.00 bits per heavy atom. The van der Waals surface area contributed by atoms with Crippen molar-refractivity contribution in [3.05, 3.63) is 47.5 Å². The number of carbonyl (C=O) groups is 1. The fourth-order valence-electron chi connectivity index (χ4n) is 4.61. The van der Waals surface area contributed by atoms with E-state index in [1.807, 2.05) is 24.3 Å². The summed E-state index contributed by atoms with van der Waals surface area (Å²) in [6, 6.07) is 12.2. The molecule has 30 heavy (non-hydrogen) atoms. The summed E-state index contributed by atoms with van der Waals surface area (Å²) in [6.07, 6.45) is 4.36. The Kier molecular flexibility index (Phi) is 5.49. The van der Waals surface area contributed by atoms with Gasteiger partial charge in [0.05, 0.1) is 12.3 Å². The van der Waals surface area contributed by atoms with Crippen LogP contribution in [0.25, 0.3) is 0 Å². The third-order valence-corrected chi connectivity index (χ3v) is 6.27. The van der Waals surface area contributed by atoms with E-state index >= 15 is 0 Å². The number of hydrogen-bond donors (Lipinski definition) is 1. The van der Waals surface area contributed by atoms with Crippen LogP contribution < -0.4 is 19.5 Å². The average Bonchev–Trinajstić information content (AvgIpc) is 3.24. The van der Waals surface area contributed by atoms with Crippen LogP contribution in [0.4, 0.5) is 5.69 Å². The summed E-state index contributed by atoms with van der Waals surface area (Å²) < 4.78 is 17.1. The van der Waals surface area contributed by atoms with Gasteiger partial charge in [0.25, 0.3) is 5.91 Å². The number of benzene rings is 2. The summed E-state index contributed by atoms with van der Waals surface area (Å²) in [6.45, 7) is 4.75. The molecule has 3 aliphatic heterocycles. The van der Waals surface area contributed by atoms with Crippen LogP contribution in [0.2, 0.25) is 0 Å². The minimum absolute atomic E-state index is 0.0804. The molecule has 0 aromatic heterocycles. The van der Waals surface area contributed by atoms with Gasteiger partial charge in [-0.3, -0.25) is 9.69 Å². The first-order chi connectivity index (χ1) is 14.7. The minimum atomic E-state index is -0.0804. The molecule has 0 spiro atoms. The van der Waals surface area contributed by atoms with Gasteiger partial charge in [-0.1, -0.05) is 12.1 Å².